The minimum absolute atomic E-state index is 0. The van der Waals surface area contributed by atoms with E-state index in [1.807, 2.05) is 0 Å². The standard InChI is InChI=1S/C10H6I3NO5.2ClH/c1-2(15)14-8-6(12)3(9(16)17)5(11)4(7(8)13)10(18)19;;/h1H3,(H,14,15)(H,16,17)(H,18,19);2*1H. The molecule has 0 radical (unpaired) electrons. The molecule has 0 bridgehead atoms. The van der Waals surface area contributed by atoms with Gasteiger partial charge in [-0.2, -0.15) is 0 Å². The predicted octanol–water partition coefficient (Wildman–Crippen LogP) is 3.70. The molecule has 1 aromatic rings. The lowest BCUT2D eigenvalue weighted by Gasteiger charge is -2.15. The molecule has 0 unspecified atom stereocenters. The van der Waals surface area contributed by atoms with E-state index in [1.165, 1.54) is 6.92 Å². The summed E-state index contributed by atoms with van der Waals surface area (Å²) in [7, 11) is 0. The average molecular weight is 674 g/mol. The van der Waals surface area contributed by atoms with Gasteiger partial charge >= 0.3 is 11.9 Å². The zero-order valence-electron chi connectivity index (χ0n) is 10.1. The number of nitrogens with one attached hydrogen (secondary N) is 1. The lowest BCUT2D eigenvalue weighted by molar-refractivity contribution is -0.114. The highest BCUT2D eigenvalue weighted by Gasteiger charge is 2.27. The maximum atomic E-state index is 11.2. The number of carbonyl (C=O) groups excluding carboxylic acids is 1. The molecule has 0 aliphatic carbocycles. The number of rotatable bonds is 3. The highest BCUT2D eigenvalue weighted by atomic mass is 127. The minimum Gasteiger partial charge on any atom is -0.478 e. The van der Waals surface area contributed by atoms with E-state index >= 15 is 0 Å². The Morgan fingerprint density at radius 3 is 1.43 bits per heavy atom. The Kier molecular flexibility index (Phi) is 10.7. The predicted molar refractivity (Wildman–Crippen MR) is 107 cm³/mol. The van der Waals surface area contributed by atoms with Crippen LogP contribution < -0.4 is 5.32 Å². The summed E-state index contributed by atoms with van der Waals surface area (Å²) in [5.41, 5.74) is -0.0329. The first-order valence-corrected chi connectivity index (χ1v) is 7.86. The summed E-state index contributed by atoms with van der Waals surface area (Å²) in [5.74, 6) is -2.87. The van der Waals surface area contributed by atoms with Crippen molar-refractivity contribution < 1.29 is 24.6 Å². The van der Waals surface area contributed by atoms with Crippen LogP contribution in [0.5, 0.6) is 0 Å². The van der Waals surface area contributed by atoms with Crippen molar-refractivity contribution in [3.8, 4) is 0 Å². The average Bonchev–Trinajstić information content (AvgIpc) is 2.22. The van der Waals surface area contributed by atoms with Crippen molar-refractivity contribution in [1.29, 1.82) is 0 Å². The molecule has 0 aliphatic rings. The maximum Gasteiger partial charge on any atom is 0.337 e. The smallest absolute Gasteiger partial charge is 0.337 e. The molecule has 0 saturated carbocycles. The number of amides is 1. The van der Waals surface area contributed by atoms with Gasteiger partial charge < -0.3 is 15.5 Å². The Morgan fingerprint density at radius 2 is 1.19 bits per heavy atom. The van der Waals surface area contributed by atoms with Gasteiger partial charge in [0.15, 0.2) is 0 Å². The third-order valence-electron chi connectivity index (χ3n) is 2.05. The SMILES string of the molecule is CC(=O)Nc1c(I)c(C(=O)O)c(I)c(C(=O)O)c1I.Cl.Cl. The summed E-state index contributed by atoms with van der Waals surface area (Å²) < 4.78 is 0.749. The first kappa shape index (κ1) is 23.7. The fourth-order valence-electron chi connectivity index (χ4n) is 1.33. The van der Waals surface area contributed by atoms with Crippen LogP contribution in [0.15, 0.2) is 0 Å². The highest BCUT2D eigenvalue weighted by Crippen LogP contribution is 2.35. The summed E-state index contributed by atoms with van der Waals surface area (Å²) in [6.07, 6.45) is 0. The molecule has 6 nitrogen and oxygen atoms in total. The maximum absolute atomic E-state index is 11.2. The molecule has 1 amide bonds. The fraction of sp³-hybridized carbons (Fsp3) is 0.100. The molecule has 0 fully saturated rings. The van der Waals surface area contributed by atoms with E-state index in [1.54, 1.807) is 67.8 Å². The summed E-state index contributed by atoms with van der Waals surface area (Å²) >= 11 is 5.25. The van der Waals surface area contributed by atoms with Gasteiger partial charge in [0.25, 0.3) is 0 Å². The second-order valence-electron chi connectivity index (χ2n) is 3.36. The quantitative estimate of drug-likeness (QED) is 0.425. The van der Waals surface area contributed by atoms with Crippen LogP contribution in [0.2, 0.25) is 0 Å². The van der Waals surface area contributed by atoms with Crippen LogP contribution in [0.1, 0.15) is 27.6 Å². The van der Waals surface area contributed by atoms with Crippen LogP contribution in [-0.4, -0.2) is 28.1 Å². The first-order valence-electron chi connectivity index (χ1n) is 4.63. The Morgan fingerprint density at radius 1 is 0.857 bits per heavy atom. The van der Waals surface area contributed by atoms with Crippen molar-refractivity contribution in [2.45, 2.75) is 6.92 Å². The van der Waals surface area contributed by atoms with Gasteiger partial charge in [0.2, 0.25) is 5.91 Å². The number of carboxylic acids is 2. The second-order valence-corrected chi connectivity index (χ2v) is 6.59. The number of carboxylic acid groups (broad SMARTS) is 2. The van der Waals surface area contributed by atoms with Crippen LogP contribution in [0, 0.1) is 10.7 Å². The molecule has 1 aromatic carbocycles. The molecule has 0 spiro atoms. The zero-order chi connectivity index (χ0) is 14.9. The molecule has 1 rings (SSSR count). The van der Waals surface area contributed by atoms with Crippen LogP contribution in [0.3, 0.4) is 0 Å². The molecule has 0 aliphatic heterocycles. The topological polar surface area (TPSA) is 104 Å². The highest BCUT2D eigenvalue weighted by molar-refractivity contribution is 14.1. The number of hydrogen-bond acceptors (Lipinski definition) is 3. The second kappa shape index (κ2) is 9.52. The Balaban J connectivity index is 0. The van der Waals surface area contributed by atoms with Crippen molar-refractivity contribution in [1.82, 2.24) is 0 Å². The van der Waals surface area contributed by atoms with Gasteiger partial charge in [0.1, 0.15) is 0 Å². The Hall–Kier alpha value is 0.400. The van der Waals surface area contributed by atoms with Crippen LogP contribution in [-0.2, 0) is 4.79 Å². The summed E-state index contributed by atoms with van der Waals surface area (Å²) in [6, 6.07) is 0. The number of aromatic carboxylic acids is 2. The van der Waals surface area contributed by atoms with Gasteiger partial charge in [-0.25, -0.2) is 9.59 Å². The molecular formula is C10H8Cl2I3NO5. The van der Waals surface area contributed by atoms with E-state index in [0.717, 1.165) is 0 Å². The molecule has 0 atom stereocenters. The van der Waals surface area contributed by atoms with Gasteiger partial charge in [-0.15, -0.1) is 24.8 Å². The van der Waals surface area contributed by atoms with Gasteiger partial charge in [-0.05, 0) is 67.8 Å². The van der Waals surface area contributed by atoms with Gasteiger partial charge in [0.05, 0.1) is 24.0 Å². The largest absolute Gasteiger partial charge is 0.478 e. The molecule has 3 N–H and O–H groups in total. The lowest BCUT2D eigenvalue weighted by Crippen LogP contribution is -2.17. The summed E-state index contributed by atoms with van der Waals surface area (Å²) in [5, 5.41) is 20.8. The molecule has 11 heteroatoms. The van der Waals surface area contributed by atoms with E-state index in [-0.39, 0.29) is 45.2 Å². The van der Waals surface area contributed by atoms with E-state index < -0.39 is 17.8 Å². The van der Waals surface area contributed by atoms with E-state index in [4.69, 9.17) is 0 Å². The Bertz CT molecular complexity index is 568. The van der Waals surface area contributed by atoms with Crippen molar-refractivity contribution >= 4 is 116 Å². The molecule has 118 valence electrons. The molecular weight excluding hydrogens is 666 g/mol. The number of anilines is 1. The van der Waals surface area contributed by atoms with E-state index in [2.05, 4.69) is 5.32 Å². The van der Waals surface area contributed by atoms with Gasteiger partial charge in [-0.3, -0.25) is 4.79 Å². The van der Waals surface area contributed by atoms with Crippen molar-refractivity contribution in [2.75, 3.05) is 5.32 Å². The van der Waals surface area contributed by atoms with Crippen molar-refractivity contribution in [3.63, 3.8) is 0 Å². The van der Waals surface area contributed by atoms with Crippen molar-refractivity contribution in [3.05, 3.63) is 21.8 Å². The van der Waals surface area contributed by atoms with Crippen LogP contribution >= 0.6 is 92.6 Å². The summed E-state index contributed by atoms with van der Waals surface area (Å²) in [4.78, 5) is 33.6. The number of carbonyl (C=O) groups is 3. The monoisotopic (exact) mass is 673 g/mol. The van der Waals surface area contributed by atoms with Crippen LogP contribution in [0.25, 0.3) is 0 Å². The minimum atomic E-state index is -1.24. The number of benzene rings is 1. The van der Waals surface area contributed by atoms with E-state index in [0.29, 0.717) is 7.14 Å². The molecule has 0 saturated heterocycles. The third kappa shape index (κ3) is 5.21. The van der Waals surface area contributed by atoms with Gasteiger partial charge in [-0.1, -0.05) is 0 Å². The molecule has 0 aromatic heterocycles. The molecule has 0 heterocycles. The number of halogens is 5. The van der Waals surface area contributed by atoms with E-state index in [9.17, 15) is 24.6 Å². The fourth-order valence-corrected chi connectivity index (χ4v) is 5.68. The van der Waals surface area contributed by atoms with Crippen LogP contribution in [0.4, 0.5) is 5.69 Å². The summed E-state index contributed by atoms with van der Waals surface area (Å²) in [6.45, 7) is 1.27. The first-order chi connectivity index (χ1) is 8.68. The lowest BCUT2D eigenvalue weighted by atomic mass is 10.1. The number of hydrogen-bond donors (Lipinski definition) is 3. The zero-order valence-corrected chi connectivity index (χ0v) is 18.2. The van der Waals surface area contributed by atoms with Crippen molar-refractivity contribution in [2.24, 2.45) is 0 Å². The molecule has 21 heavy (non-hydrogen) atoms. The Labute approximate surface area is 173 Å². The third-order valence-corrected chi connectivity index (χ3v) is 5.28. The van der Waals surface area contributed by atoms with Gasteiger partial charge in [0, 0.05) is 10.5 Å². The normalized spacial score (nSPS) is 9.14.